The van der Waals surface area contributed by atoms with Crippen LogP contribution in [-0.2, 0) is 5.75 Å². The van der Waals surface area contributed by atoms with E-state index in [-0.39, 0.29) is 5.13 Å². The maximum atomic E-state index is 12.3. The molecule has 1 N–H and O–H groups in total. The number of aryl methyl sites for hydroxylation is 1. The molecular formula is C18H18F3N3O2S2. The van der Waals surface area contributed by atoms with Gasteiger partial charge in [0.15, 0.2) is 4.34 Å². The SMILES string of the molecule is Cc1cc2oc(=O)cc(CSc3nnc(NCC(F)(F)F)s3)c2cc1C(C)C. The molecule has 0 unspecified atom stereocenters. The van der Waals surface area contributed by atoms with Crippen molar-refractivity contribution in [3.05, 3.63) is 45.3 Å². The number of aromatic nitrogens is 2. The predicted octanol–water partition coefficient (Wildman–Crippen LogP) is 5.34. The van der Waals surface area contributed by atoms with Crippen molar-refractivity contribution in [2.75, 3.05) is 11.9 Å². The summed E-state index contributed by atoms with van der Waals surface area (Å²) in [5, 5.41) is 10.8. The van der Waals surface area contributed by atoms with E-state index in [9.17, 15) is 18.0 Å². The van der Waals surface area contributed by atoms with Gasteiger partial charge in [-0.05, 0) is 41.7 Å². The molecule has 0 aliphatic rings. The first-order chi connectivity index (χ1) is 13.1. The standard InChI is InChI=1S/C18H18F3N3O2S2/c1-9(2)12-6-13-11(5-15(25)26-14(13)4-10(12)3)7-27-17-24-23-16(28-17)22-8-18(19,20)21/h4-6,9H,7-8H2,1-3H3,(H,22,23). The number of halogens is 3. The monoisotopic (exact) mass is 429 g/mol. The first-order valence-corrected chi connectivity index (χ1v) is 10.3. The minimum Gasteiger partial charge on any atom is -0.423 e. The molecule has 0 aliphatic carbocycles. The highest BCUT2D eigenvalue weighted by Crippen LogP contribution is 2.32. The van der Waals surface area contributed by atoms with Crippen LogP contribution < -0.4 is 10.9 Å². The number of fused-ring (bicyclic) bond motifs is 1. The number of alkyl halides is 3. The summed E-state index contributed by atoms with van der Waals surface area (Å²) in [5.74, 6) is 0.749. The maximum absolute atomic E-state index is 12.3. The Kier molecular flexibility index (Phi) is 5.99. The summed E-state index contributed by atoms with van der Waals surface area (Å²) in [6, 6.07) is 5.34. The van der Waals surface area contributed by atoms with Crippen LogP contribution in [0.15, 0.2) is 31.8 Å². The zero-order chi connectivity index (χ0) is 20.5. The topological polar surface area (TPSA) is 68.0 Å². The molecule has 0 atom stereocenters. The van der Waals surface area contributed by atoms with Crippen LogP contribution in [0.5, 0.6) is 0 Å². The van der Waals surface area contributed by atoms with Crippen LogP contribution in [0.2, 0.25) is 0 Å². The van der Waals surface area contributed by atoms with Gasteiger partial charge in [-0.2, -0.15) is 13.2 Å². The van der Waals surface area contributed by atoms with Crippen molar-refractivity contribution in [2.24, 2.45) is 0 Å². The van der Waals surface area contributed by atoms with Crippen LogP contribution in [0.4, 0.5) is 18.3 Å². The zero-order valence-corrected chi connectivity index (χ0v) is 17.0. The molecule has 0 saturated carbocycles. The molecule has 5 nitrogen and oxygen atoms in total. The second-order valence-corrected chi connectivity index (χ2v) is 8.78. The Morgan fingerprint density at radius 2 is 2.00 bits per heavy atom. The lowest BCUT2D eigenvalue weighted by atomic mass is 9.95. The van der Waals surface area contributed by atoms with Gasteiger partial charge in [-0.25, -0.2) is 4.79 Å². The molecule has 0 fully saturated rings. The molecule has 2 heterocycles. The second-order valence-electron chi connectivity index (χ2n) is 6.58. The number of nitrogens with one attached hydrogen (secondary N) is 1. The van der Waals surface area contributed by atoms with Gasteiger partial charge in [-0.1, -0.05) is 36.9 Å². The molecule has 3 aromatic rings. The maximum Gasteiger partial charge on any atom is 0.405 e. The molecule has 2 aromatic heterocycles. The summed E-state index contributed by atoms with van der Waals surface area (Å²) in [6.07, 6.45) is -4.32. The number of anilines is 1. The third-order valence-corrected chi connectivity index (χ3v) is 6.10. The van der Waals surface area contributed by atoms with E-state index in [1.807, 2.05) is 19.1 Å². The predicted molar refractivity (Wildman–Crippen MR) is 105 cm³/mol. The molecule has 28 heavy (non-hydrogen) atoms. The van der Waals surface area contributed by atoms with Crippen LogP contribution in [0.25, 0.3) is 11.0 Å². The lowest BCUT2D eigenvalue weighted by molar-refractivity contribution is -0.115. The van der Waals surface area contributed by atoms with Crippen molar-refractivity contribution in [1.82, 2.24) is 10.2 Å². The highest BCUT2D eigenvalue weighted by molar-refractivity contribution is 8.00. The molecule has 1 aromatic carbocycles. The second kappa shape index (κ2) is 8.12. The summed E-state index contributed by atoms with van der Waals surface area (Å²) in [5.41, 5.74) is 3.10. The number of rotatable bonds is 6. The molecule has 10 heteroatoms. The number of benzene rings is 1. The molecule has 0 amide bonds. The van der Waals surface area contributed by atoms with E-state index in [2.05, 4.69) is 29.4 Å². The van der Waals surface area contributed by atoms with Gasteiger partial charge < -0.3 is 9.73 Å². The summed E-state index contributed by atoms with van der Waals surface area (Å²) in [4.78, 5) is 11.9. The van der Waals surface area contributed by atoms with Crippen molar-refractivity contribution in [2.45, 2.75) is 43.0 Å². The fourth-order valence-corrected chi connectivity index (χ4v) is 4.53. The minimum absolute atomic E-state index is 0.106. The van der Waals surface area contributed by atoms with E-state index in [1.54, 1.807) is 0 Å². The van der Waals surface area contributed by atoms with Crippen LogP contribution in [-0.4, -0.2) is 22.9 Å². The smallest absolute Gasteiger partial charge is 0.405 e. The normalized spacial score (nSPS) is 12.1. The largest absolute Gasteiger partial charge is 0.423 e. The average molecular weight is 429 g/mol. The third-order valence-electron chi connectivity index (χ3n) is 4.04. The molecule has 0 bridgehead atoms. The molecule has 0 aliphatic heterocycles. The molecule has 150 valence electrons. The third kappa shape index (κ3) is 5.05. The van der Waals surface area contributed by atoms with E-state index in [1.165, 1.54) is 23.4 Å². The van der Waals surface area contributed by atoms with E-state index in [0.29, 0.717) is 21.6 Å². The quantitative estimate of drug-likeness (QED) is 0.421. The molecule has 0 spiro atoms. The van der Waals surface area contributed by atoms with Crippen LogP contribution in [0.1, 0.15) is 36.5 Å². The number of thioether (sulfide) groups is 1. The lowest BCUT2D eigenvalue weighted by Crippen LogP contribution is -2.21. The summed E-state index contributed by atoms with van der Waals surface area (Å²) < 4.78 is 42.7. The van der Waals surface area contributed by atoms with Gasteiger partial charge in [-0.3, -0.25) is 0 Å². The van der Waals surface area contributed by atoms with E-state index in [0.717, 1.165) is 27.8 Å². The Labute approximate surface area is 167 Å². The fraction of sp³-hybridized carbons (Fsp3) is 0.389. The van der Waals surface area contributed by atoms with Gasteiger partial charge in [0, 0.05) is 17.2 Å². The molecule has 0 radical (unpaired) electrons. The highest BCUT2D eigenvalue weighted by Gasteiger charge is 2.27. The Morgan fingerprint density at radius 1 is 1.25 bits per heavy atom. The van der Waals surface area contributed by atoms with Crippen molar-refractivity contribution in [3.63, 3.8) is 0 Å². The van der Waals surface area contributed by atoms with Gasteiger partial charge in [0.2, 0.25) is 5.13 Å². The number of hydrogen-bond donors (Lipinski definition) is 1. The van der Waals surface area contributed by atoms with E-state index >= 15 is 0 Å². The number of nitrogens with zero attached hydrogens (tertiary/aromatic N) is 2. The Morgan fingerprint density at radius 3 is 2.68 bits per heavy atom. The van der Waals surface area contributed by atoms with Gasteiger partial charge in [0.1, 0.15) is 12.1 Å². The lowest BCUT2D eigenvalue weighted by Gasteiger charge is -2.12. The first-order valence-electron chi connectivity index (χ1n) is 8.46. The molecule has 3 rings (SSSR count). The van der Waals surface area contributed by atoms with Crippen molar-refractivity contribution >= 4 is 39.2 Å². The Bertz CT molecular complexity index is 1040. The zero-order valence-electron chi connectivity index (χ0n) is 15.4. The Balaban J connectivity index is 1.81. The highest BCUT2D eigenvalue weighted by atomic mass is 32.2. The van der Waals surface area contributed by atoms with E-state index in [4.69, 9.17) is 4.42 Å². The van der Waals surface area contributed by atoms with Crippen LogP contribution >= 0.6 is 23.1 Å². The summed E-state index contributed by atoms with van der Waals surface area (Å²) >= 11 is 2.35. The number of hydrogen-bond acceptors (Lipinski definition) is 7. The van der Waals surface area contributed by atoms with E-state index < -0.39 is 18.3 Å². The summed E-state index contributed by atoms with van der Waals surface area (Å²) in [7, 11) is 0. The fourth-order valence-electron chi connectivity index (χ4n) is 2.79. The minimum atomic E-state index is -4.32. The van der Waals surface area contributed by atoms with Crippen molar-refractivity contribution in [3.8, 4) is 0 Å². The molecular weight excluding hydrogens is 411 g/mol. The van der Waals surface area contributed by atoms with Gasteiger partial charge in [-0.15, -0.1) is 10.2 Å². The van der Waals surface area contributed by atoms with Gasteiger partial charge in [0.05, 0.1) is 0 Å². The van der Waals surface area contributed by atoms with Crippen molar-refractivity contribution < 1.29 is 17.6 Å². The first kappa shape index (κ1) is 20.7. The van der Waals surface area contributed by atoms with Crippen LogP contribution in [0, 0.1) is 6.92 Å². The van der Waals surface area contributed by atoms with Gasteiger partial charge >= 0.3 is 11.8 Å². The van der Waals surface area contributed by atoms with Crippen molar-refractivity contribution in [1.29, 1.82) is 0 Å². The summed E-state index contributed by atoms with van der Waals surface area (Å²) in [6.45, 7) is 5.01. The van der Waals surface area contributed by atoms with Crippen LogP contribution in [0.3, 0.4) is 0 Å². The molecule has 0 saturated heterocycles. The van der Waals surface area contributed by atoms with Gasteiger partial charge in [0.25, 0.3) is 0 Å². The Hall–Kier alpha value is -2.07. The average Bonchev–Trinajstić information content (AvgIpc) is 3.04.